The summed E-state index contributed by atoms with van der Waals surface area (Å²) in [6.07, 6.45) is 0.335. The summed E-state index contributed by atoms with van der Waals surface area (Å²) in [4.78, 5) is 7.25. The van der Waals surface area contributed by atoms with E-state index in [0.717, 1.165) is 5.56 Å². The molecule has 0 radical (unpaired) electrons. The standard InChI is InChI=1S/C11H15NO4S/c1-8-2-4-11(5-3-8)17(14,15)12-16-10-6-9(13)7-10/h2-5,9-10,12-13H,6-7H2,1H3. The van der Waals surface area contributed by atoms with Crippen LogP contribution < -0.4 is 4.89 Å². The maximum Gasteiger partial charge on any atom is 0.262 e. The van der Waals surface area contributed by atoms with Gasteiger partial charge in [-0.25, -0.2) is 8.42 Å². The SMILES string of the molecule is Cc1ccc(S(=O)(=O)NOC2CC(O)C2)cc1. The van der Waals surface area contributed by atoms with Crippen LogP contribution in [0.5, 0.6) is 0 Å². The van der Waals surface area contributed by atoms with Crippen LogP contribution in [0.2, 0.25) is 0 Å². The van der Waals surface area contributed by atoms with Crippen LogP contribution in [0, 0.1) is 6.92 Å². The van der Waals surface area contributed by atoms with Crippen LogP contribution in [0.25, 0.3) is 0 Å². The van der Waals surface area contributed by atoms with Gasteiger partial charge in [0.25, 0.3) is 10.0 Å². The lowest BCUT2D eigenvalue weighted by Crippen LogP contribution is -2.40. The minimum atomic E-state index is -3.62. The second-order valence-electron chi connectivity index (χ2n) is 4.26. The highest BCUT2D eigenvalue weighted by Crippen LogP contribution is 2.22. The van der Waals surface area contributed by atoms with Gasteiger partial charge < -0.3 is 5.11 Å². The predicted molar refractivity (Wildman–Crippen MR) is 61.6 cm³/mol. The molecule has 1 aromatic rings. The zero-order chi connectivity index (χ0) is 12.5. The zero-order valence-electron chi connectivity index (χ0n) is 9.46. The van der Waals surface area contributed by atoms with Gasteiger partial charge in [0, 0.05) is 12.8 Å². The summed E-state index contributed by atoms with van der Waals surface area (Å²) in [5, 5.41) is 9.04. The molecule has 1 fully saturated rings. The van der Waals surface area contributed by atoms with E-state index in [2.05, 4.69) is 4.89 Å². The molecule has 0 atom stereocenters. The Bertz CT molecular complexity index is 477. The minimum Gasteiger partial charge on any atom is -0.393 e. The van der Waals surface area contributed by atoms with Crippen LogP contribution in [0.4, 0.5) is 0 Å². The quantitative estimate of drug-likeness (QED) is 0.780. The Morgan fingerprint density at radius 2 is 1.88 bits per heavy atom. The summed E-state index contributed by atoms with van der Waals surface area (Å²) < 4.78 is 23.5. The van der Waals surface area contributed by atoms with Crippen LogP contribution in [0.3, 0.4) is 0 Å². The van der Waals surface area contributed by atoms with E-state index in [1.54, 1.807) is 12.1 Å². The zero-order valence-corrected chi connectivity index (χ0v) is 10.3. The third-order valence-electron chi connectivity index (χ3n) is 2.73. The van der Waals surface area contributed by atoms with Gasteiger partial charge in [-0.1, -0.05) is 22.6 Å². The van der Waals surface area contributed by atoms with Gasteiger partial charge in [0.2, 0.25) is 0 Å². The van der Waals surface area contributed by atoms with Crippen LogP contribution in [-0.2, 0) is 14.9 Å². The molecule has 1 saturated carbocycles. The van der Waals surface area contributed by atoms with E-state index in [4.69, 9.17) is 9.94 Å². The number of sulfonamides is 1. The maximum absolute atomic E-state index is 11.8. The van der Waals surface area contributed by atoms with Crippen LogP contribution in [0.1, 0.15) is 18.4 Å². The first-order valence-corrected chi connectivity index (χ1v) is 6.88. The summed E-state index contributed by atoms with van der Waals surface area (Å²) in [7, 11) is -3.62. The van der Waals surface area contributed by atoms with E-state index in [9.17, 15) is 8.42 Å². The highest BCUT2D eigenvalue weighted by molar-refractivity contribution is 7.89. The van der Waals surface area contributed by atoms with Gasteiger partial charge in [0.15, 0.2) is 0 Å². The number of aliphatic hydroxyl groups excluding tert-OH is 1. The Balaban J connectivity index is 1.96. The third kappa shape index (κ3) is 3.04. The van der Waals surface area contributed by atoms with Crippen molar-refractivity contribution in [1.29, 1.82) is 0 Å². The van der Waals surface area contributed by atoms with Gasteiger partial charge in [0.1, 0.15) is 0 Å². The summed E-state index contributed by atoms with van der Waals surface area (Å²) >= 11 is 0. The molecule has 0 unspecified atom stereocenters. The topological polar surface area (TPSA) is 75.6 Å². The molecule has 0 amide bonds. The molecule has 0 spiro atoms. The Morgan fingerprint density at radius 3 is 2.41 bits per heavy atom. The smallest absolute Gasteiger partial charge is 0.262 e. The summed E-state index contributed by atoms with van der Waals surface area (Å²) in [6.45, 7) is 1.88. The van der Waals surface area contributed by atoms with Crippen molar-refractivity contribution in [3.63, 3.8) is 0 Å². The van der Waals surface area contributed by atoms with Crippen molar-refractivity contribution in [2.24, 2.45) is 0 Å². The van der Waals surface area contributed by atoms with Crippen LogP contribution in [0.15, 0.2) is 29.2 Å². The lowest BCUT2D eigenvalue weighted by atomic mass is 9.93. The van der Waals surface area contributed by atoms with Gasteiger partial charge in [-0.3, -0.25) is 4.84 Å². The fourth-order valence-corrected chi connectivity index (χ4v) is 2.38. The first-order valence-electron chi connectivity index (χ1n) is 5.39. The number of nitrogens with one attached hydrogen (secondary N) is 1. The number of benzene rings is 1. The lowest BCUT2D eigenvalue weighted by Gasteiger charge is -2.30. The highest BCUT2D eigenvalue weighted by atomic mass is 32.2. The van der Waals surface area contributed by atoms with E-state index in [1.807, 2.05) is 6.92 Å². The minimum absolute atomic E-state index is 0.169. The van der Waals surface area contributed by atoms with E-state index in [-0.39, 0.29) is 17.1 Å². The Labute approximate surface area is 100 Å². The van der Waals surface area contributed by atoms with Crippen molar-refractivity contribution in [3.05, 3.63) is 29.8 Å². The van der Waals surface area contributed by atoms with Gasteiger partial charge >= 0.3 is 0 Å². The fourth-order valence-electron chi connectivity index (χ4n) is 1.53. The maximum atomic E-state index is 11.8. The van der Waals surface area contributed by atoms with Crippen LogP contribution >= 0.6 is 0 Å². The van der Waals surface area contributed by atoms with E-state index < -0.39 is 10.0 Å². The van der Waals surface area contributed by atoms with Gasteiger partial charge in [-0.2, -0.15) is 0 Å². The second kappa shape index (κ2) is 4.73. The Morgan fingerprint density at radius 1 is 1.29 bits per heavy atom. The molecule has 2 rings (SSSR count). The number of aryl methyl sites for hydroxylation is 1. The van der Waals surface area contributed by atoms with Gasteiger partial charge in [-0.15, -0.1) is 0 Å². The van der Waals surface area contributed by atoms with Crippen LogP contribution in [-0.4, -0.2) is 25.7 Å². The monoisotopic (exact) mass is 257 g/mol. The first-order chi connectivity index (χ1) is 7.97. The molecule has 0 saturated heterocycles. The van der Waals surface area contributed by atoms with Gasteiger partial charge in [0.05, 0.1) is 17.1 Å². The molecule has 0 aromatic heterocycles. The molecule has 0 aliphatic heterocycles. The molecule has 5 nitrogen and oxygen atoms in total. The molecule has 6 heteroatoms. The predicted octanol–water partition coefficient (Wildman–Crippen LogP) is 0.728. The molecule has 17 heavy (non-hydrogen) atoms. The molecule has 0 bridgehead atoms. The number of rotatable bonds is 4. The van der Waals surface area contributed by atoms with Crippen molar-refractivity contribution in [1.82, 2.24) is 4.89 Å². The van der Waals surface area contributed by atoms with E-state index in [0.29, 0.717) is 12.8 Å². The largest absolute Gasteiger partial charge is 0.393 e. The molecule has 1 aromatic carbocycles. The number of aliphatic hydroxyl groups is 1. The number of hydrogen-bond acceptors (Lipinski definition) is 4. The molecule has 94 valence electrons. The fraction of sp³-hybridized carbons (Fsp3) is 0.455. The van der Waals surface area contributed by atoms with Crippen molar-refractivity contribution in [2.75, 3.05) is 0 Å². The highest BCUT2D eigenvalue weighted by Gasteiger charge is 2.29. The molecular formula is C11H15NO4S. The van der Waals surface area contributed by atoms with E-state index >= 15 is 0 Å². The summed E-state index contributed by atoms with van der Waals surface area (Å²) in [5.41, 5.74) is 0.993. The Kier molecular flexibility index (Phi) is 3.48. The van der Waals surface area contributed by atoms with E-state index in [1.165, 1.54) is 12.1 Å². The Hall–Kier alpha value is -0.950. The normalized spacial score (nSPS) is 24.4. The summed E-state index contributed by atoms with van der Waals surface area (Å²) in [6, 6.07) is 6.50. The van der Waals surface area contributed by atoms with Crippen molar-refractivity contribution in [2.45, 2.75) is 36.9 Å². The average Bonchev–Trinajstić information content (AvgIpc) is 2.23. The molecular weight excluding hydrogens is 242 g/mol. The van der Waals surface area contributed by atoms with Gasteiger partial charge in [-0.05, 0) is 19.1 Å². The lowest BCUT2D eigenvalue weighted by molar-refractivity contribution is -0.0901. The van der Waals surface area contributed by atoms with Crippen molar-refractivity contribution < 1.29 is 18.4 Å². The number of hydrogen-bond donors (Lipinski definition) is 2. The molecule has 2 N–H and O–H groups in total. The second-order valence-corrected chi connectivity index (χ2v) is 5.91. The summed E-state index contributed by atoms with van der Waals surface area (Å²) in [5.74, 6) is 0. The average molecular weight is 257 g/mol. The first kappa shape index (κ1) is 12.5. The molecule has 0 heterocycles. The molecule has 1 aliphatic rings. The van der Waals surface area contributed by atoms with Crippen molar-refractivity contribution in [3.8, 4) is 0 Å². The third-order valence-corrected chi connectivity index (χ3v) is 3.93. The van der Waals surface area contributed by atoms with Crippen molar-refractivity contribution >= 4 is 10.0 Å². The molecule has 1 aliphatic carbocycles.